The zero-order valence-corrected chi connectivity index (χ0v) is 11.2. The van der Waals surface area contributed by atoms with E-state index in [9.17, 15) is 9.59 Å². The molecule has 1 unspecified atom stereocenters. The van der Waals surface area contributed by atoms with Crippen molar-refractivity contribution in [1.82, 2.24) is 0 Å². The van der Waals surface area contributed by atoms with Crippen LogP contribution < -0.4 is 0 Å². The molecular formula is C14H15ClO3. The summed E-state index contributed by atoms with van der Waals surface area (Å²) >= 11 is 5.77. The fraction of sp³-hybridized carbons (Fsp3) is 0.429. The van der Waals surface area contributed by atoms with Gasteiger partial charge in [0.1, 0.15) is 0 Å². The van der Waals surface area contributed by atoms with Gasteiger partial charge in [-0.05, 0) is 24.3 Å². The summed E-state index contributed by atoms with van der Waals surface area (Å²) < 4.78 is 5.02. The lowest BCUT2D eigenvalue weighted by Gasteiger charge is -2.20. The van der Waals surface area contributed by atoms with Crippen LogP contribution in [0, 0.1) is 11.3 Å². The van der Waals surface area contributed by atoms with Gasteiger partial charge < -0.3 is 4.74 Å². The Labute approximate surface area is 111 Å². The van der Waals surface area contributed by atoms with E-state index in [-0.39, 0.29) is 29.5 Å². The molecule has 0 aromatic heterocycles. The van der Waals surface area contributed by atoms with Crippen LogP contribution in [-0.2, 0) is 9.53 Å². The normalized spacial score (nSPS) is 21.7. The summed E-state index contributed by atoms with van der Waals surface area (Å²) in [6, 6.07) is 6.70. The van der Waals surface area contributed by atoms with Crippen LogP contribution in [0.1, 0.15) is 30.6 Å². The molecule has 96 valence electrons. The van der Waals surface area contributed by atoms with Gasteiger partial charge in [0.25, 0.3) is 0 Å². The third kappa shape index (κ3) is 2.56. The SMILES string of the molecule is CC1(C)COC(=O)C1CC(=O)c1ccc(Cl)cc1. The maximum Gasteiger partial charge on any atom is 0.310 e. The molecule has 1 aromatic carbocycles. The topological polar surface area (TPSA) is 43.4 Å². The number of cyclic esters (lactones) is 1. The van der Waals surface area contributed by atoms with Crippen molar-refractivity contribution in [3.63, 3.8) is 0 Å². The molecule has 0 bridgehead atoms. The first-order chi connectivity index (χ1) is 8.40. The molecule has 0 amide bonds. The second-order valence-electron chi connectivity index (χ2n) is 5.28. The maximum atomic E-state index is 12.1. The smallest absolute Gasteiger partial charge is 0.310 e. The van der Waals surface area contributed by atoms with Crippen molar-refractivity contribution in [3.8, 4) is 0 Å². The van der Waals surface area contributed by atoms with E-state index in [1.54, 1.807) is 24.3 Å². The monoisotopic (exact) mass is 266 g/mol. The van der Waals surface area contributed by atoms with Crippen molar-refractivity contribution in [2.45, 2.75) is 20.3 Å². The third-order valence-electron chi connectivity index (χ3n) is 3.37. The van der Waals surface area contributed by atoms with Gasteiger partial charge in [-0.25, -0.2) is 0 Å². The summed E-state index contributed by atoms with van der Waals surface area (Å²) in [5.74, 6) is -0.688. The van der Waals surface area contributed by atoms with Crippen LogP contribution in [0.4, 0.5) is 0 Å². The Bertz CT molecular complexity index is 476. The standard InChI is InChI=1S/C14H15ClO3/c1-14(2)8-18-13(17)11(14)7-12(16)9-3-5-10(15)6-4-9/h3-6,11H,7-8H2,1-2H3. The van der Waals surface area contributed by atoms with Gasteiger partial charge in [0.05, 0.1) is 12.5 Å². The Kier molecular flexibility index (Phi) is 3.44. The highest BCUT2D eigenvalue weighted by atomic mass is 35.5. The molecule has 0 spiro atoms. The quantitative estimate of drug-likeness (QED) is 0.624. The Morgan fingerprint density at radius 3 is 2.50 bits per heavy atom. The molecule has 3 nitrogen and oxygen atoms in total. The van der Waals surface area contributed by atoms with Crippen LogP contribution in [0.3, 0.4) is 0 Å². The Balaban J connectivity index is 2.12. The van der Waals surface area contributed by atoms with Crippen molar-refractivity contribution in [2.75, 3.05) is 6.61 Å². The van der Waals surface area contributed by atoms with Gasteiger partial charge in [0, 0.05) is 22.4 Å². The first kappa shape index (κ1) is 13.1. The summed E-state index contributed by atoms with van der Waals surface area (Å²) in [7, 11) is 0. The Hall–Kier alpha value is -1.35. The number of ether oxygens (including phenoxy) is 1. The van der Waals surface area contributed by atoms with Gasteiger partial charge in [-0.3, -0.25) is 9.59 Å². The van der Waals surface area contributed by atoms with E-state index in [4.69, 9.17) is 16.3 Å². The molecule has 1 heterocycles. The Morgan fingerprint density at radius 1 is 1.39 bits per heavy atom. The van der Waals surface area contributed by atoms with Crippen LogP contribution in [0.25, 0.3) is 0 Å². The van der Waals surface area contributed by atoms with E-state index in [0.717, 1.165) is 0 Å². The molecule has 0 aliphatic carbocycles. The number of carbonyl (C=O) groups is 2. The van der Waals surface area contributed by atoms with Gasteiger partial charge in [0.15, 0.2) is 5.78 Å². The molecule has 0 saturated carbocycles. The number of ketones is 1. The van der Waals surface area contributed by atoms with E-state index in [0.29, 0.717) is 17.2 Å². The summed E-state index contributed by atoms with van der Waals surface area (Å²) in [5, 5.41) is 0.590. The summed E-state index contributed by atoms with van der Waals surface area (Å²) in [4.78, 5) is 23.7. The largest absolute Gasteiger partial charge is 0.465 e. The highest BCUT2D eigenvalue weighted by molar-refractivity contribution is 6.30. The lowest BCUT2D eigenvalue weighted by atomic mass is 9.78. The van der Waals surface area contributed by atoms with E-state index in [1.807, 2.05) is 13.8 Å². The lowest BCUT2D eigenvalue weighted by molar-refractivity contribution is -0.141. The predicted octanol–water partition coefficient (Wildman–Crippen LogP) is 3.11. The molecule has 1 atom stereocenters. The number of esters is 1. The maximum absolute atomic E-state index is 12.1. The molecule has 1 aliphatic rings. The second-order valence-corrected chi connectivity index (χ2v) is 5.72. The van der Waals surface area contributed by atoms with Gasteiger partial charge in [-0.15, -0.1) is 0 Å². The van der Waals surface area contributed by atoms with E-state index in [1.165, 1.54) is 0 Å². The van der Waals surface area contributed by atoms with Crippen molar-refractivity contribution in [2.24, 2.45) is 11.3 Å². The highest BCUT2D eigenvalue weighted by Gasteiger charge is 2.44. The zero-order valence-electron chi connectivity index (χ0n) is 10.4. The molecular weight excluding hydrogens is 252 g/mol. The fourth-order valence-electron chi connectivity index (χ4n) is 2.08. The molecule has 18 heavy (non-hydrogen) atoms. The average Bonchev–Trinajstić information content (AvgIpc) is 2.57. The van der Waals surface area contributed by atoms with Crippen molar-refractivity contribution in [3.05, 3.63) is 34.9 Å². The van der Waals surface area contributed by atoms with Gasteiger partial charge in [0.2, 0.25) is 0 Å². The first-order valence-electron chi connectivity index (χ1n) is 5.85. The number of hydrogen-bond donors (Lipinski definition) is 0. The van der Waals surface area contributed by atoms with Crippen LogP contribution in [0.15, 0.2) is 24.3 Å². The molecule has 0 radical (unpaired) electrons. The van der Waals surface area contributed by atoms with Gasteiger partial charge in [-0.1, -0.05) is 25.4 Å². The minimum atomic E-state index is -0.360. The molecule has 1 aromatic rings. The fourth-order valence-corrected chi connectivity index (χ4v) is 2.20. The number of Topliss-reactive ketones (excluding diaryl/α,β-unsaturated/α-hetero) is 1. The van der Waals surface area contributed by atoms with E-state index >= 15 is 0 Å². The lowest BCUT2D eigenvalue weighted by Crippen LogP contribution is -2.26. The average molecular weight is 267 g/mol. The highest BCUT2D eigenvalue weighted by Crippen LogP contribution is 2.37. The number of benzene rings is 1. The molecule has 0 N–H and O–H groups in total. The minimum absolute atomic E-state index is 0.0522. The number of rotatable bonds is 3. The predicted molar refractivity (Wildman–Crippen MR) is 68.6 cm³/mol. The summed E-state index contributed by atoms with van der Waals surface area (Å²) in [6.45, 7) is 4.26. The van der Waals surface area contributed by atoms with Crippen molar-refractivity contribution < 1.29 is 14.3 Å². The molecule has 4 heteroatoms. The van der Waals surface area contributed by atoms with Crippen molar-refractivity contribution in [1.29, 1.82) is 0 Å². The summed E-state index contributed by atoms with van der Waals surface area (Å²) in [5.41, 5.74) is 0.300. The van der Waals surface area contributed by atoms with E-state index < -0.39 is 0 Å². The van der Waals surface area contributed by atoms with Gasteiger partial charge in [-0.2, -0.15) is 0 Å². The molecule has 1 fully saturated rings. The number of halogens is 1. The van der Waals surface area contributed by atoms with Gasteiger partial charge >= 0.3 is 5.97 Å². The second kappa shape index (κ2) is 4.73. The van der Waals surface area contributed by atoms with Crippen LogP contribution in [0.2, 0.25) is 5.02 Å². The Morgan fingerprint density at radius 2 is 2.00 bits per heavy atom. The number of carbonyl (C=O) groups excluding carboxylic acids is 2. The zero-order chi connectivity index (χ0) is 13.3. The van der Waals surface area contributed by atoms with Crippen LogP contribution in [0.5, 0.6) is 0 Å². The third-order valence-corrected chi connectivity index (χ3v) is 3.62. The van der Waals surface area contributed by atoms with Crippen molar-refractivity contribution >= 4 is 23.4 Å². The number of hydrogen-bond acceptors (Lipinski definition) is 3. The van der Waals surface area contributed by atoms with Crippen LogP contribution >= 0.6 is 11.6 Å². The minimum Gasteiger partial charge on any atom is -0.465 e. The summed E-state index contributed by atoms with van der Waals surface area (Å²) in [6.07, 6.45) is 0.188. The molecule has 2 rings (SSSR count). The van der Waals surface area contributed by atoms with E-state index in [2.05, 4.69) is 0 Å². The molecule has 1 aliphatic heterocycles. The molecule has 1 saturated heterocycles. The van der Waals surface area contributed by atoms with Crippen LogP contribution in [-0.4, -0.2) is 18.4 Å². The first-order valence-corrected chi connectivity index (χ1v) is 6.23.